The molecule has 2 N–H and O–H groups in total. The molecule has 30 heavy (non-hydrogen) atoms. The van der Waals surface area contributed by atoms with Gasteiger partial charge in [-0.1, -0.05) is 24.6 Å². The maximum absolute atomic E-state index is 12.8. The van der Waals surface area contributed by atoms with Crippen LogP contribution in [-0.4, -0.2) is 38.6 Å². The second-order valence-corrected chi connectivity index (χ2v) is 9.84. The molecule has 2 aromatic carbocycles. The minimum absolute atomic E-state index is 0.309. The number of anilines is 2. The van der Waals surface area contributed by atoms with E-state index in [9.17, 15) is 18.0 Å². The molecule has 0 unspecified atom stereocenters. The average molecular weight is 430 g/mol. The van der Waals surface area contributed by atoms with Gasteiger partial charge in [0.05, 0.1) is 22.1 Å². The van der Waals surface area contributed by atoms with E-state index in [1.807, 2.05) is 6.07 Å². The van der Waals surface area contributed by atoms with Gasteiger partial charge in [-0.25, -0.2) is 18.0 Å². The molecule has 0 bridgehead atoms. The molecule has 3 rings (SSSR count). The molecule has 2 amide bonds. The summed E-state index contributed by atoms with van der Waals surface area (Å²) in [6, 6.07) is 14.1. The van der Waals surface area contributed by atoms with E-state index in [4.69, 9.17) is 0 Å². The number of rotatable bonds is 10. The summed E-state index contributed by atoms with van der Waals surface area (Å²) < 4.78 is 26.0. The normalized spacial score (nSPS) is 13.8. The van der Waals surface area contributed by atoms with Crippen molar-refractivity contribution in [2.75, 3.05) is 23.3 Å². The van der Waals surface area contributed by atoms with Gasteiger partial charge in [0.25, 0.3) is 11.8 Å². The molecule has 0 spiro atoms. The topological polar surface area (TPSA) is 95.6 Å². The van der Waals surface area contributed by atoms with Gasteiger partial charge >= 0.3 is 0 Å². The van der Waals surface area contributed by atoms with Crippen molar-refractivity contribution < 1.29 is 18.0 Å². The maximum atomic E-state index is 12.8. The number of para-hydroxylation sites is 1. The Morgan fingerprint density at radius 2 is 1.53 bits per heavy atom. The van der Waals surface area contributed by atoms with Gasteiger partial charge < -0.3 is 5.32 Å². The third-order valence-electron chi connectivity index (χ3n) is 5.01. The minimum Gasteiger partial charge on any atom is -0.385 e. The highest BCUT2D eigenvalue weighted by Gasteiger charge is 2.36. The summed E-state index contributed by atoms with van der Waals surface area (Å²) in [6.07, 6.45) is 2.50. The number of hydrogen-bond acceptors (Lipinski definition) is 5. The van der Waals surface area contributed by atoms with Crippen LogP contribution in [0.1, 0.15) is 53.8 Å². The van der Waals surface area contributed by atoms with Gasteiger partial charge in [0.15, 0.2) is 0 Å². The SMILES string of the molecule is CC(C)S(=O)(=O)NCCCCCNc1ccc2c(c1)C(=O)N(c1ccccc1)C2=O. The van der Waals surface area contributed by atoms with E-state index < -0.39 is 15.3 Å². The van der Waals surface area contributed by atoms with Crippen molar-refractivity contribution in [3.63, 3.8) is 0 Å². The van der Waals surface area contributed by atoms with Gasteiger partial charge in [0.2, 0.25) is 10.0 Å². The van der Waals surface area contributed by atoms with E-state index in [2.05, 4.69) is 10.0 Å². The van der Waals surface area contributed by atoms with Gasteiger partial charge in [-0.3, -0.25) is 9.59 Å². The van der Waals surface area contributed by atoms with E-state index in [0.29, 0.717) is 29.9 Å². The summed E-state index contributed by atoms with van der Waals surface area (Å²) in [6.45, 7) is 4.44. The van der Waals surface area contributed by atoms with Crippen LogP contribution in [0.2, 0.25) is 0 Å². The van der Waals surface area contributed by atoms with Crippen molar-refractivity contribution in [1.82, 2.24) is 4.72 Å². The van der Waals surface area contributed by atoms with Crippen molar-refractivity contribution >= 4 is 33.2 Å². The Hall–Kier alpha value is -2.71. The summed E-state index contributed by atoms with van der Waals surface area (Å²) in [7, 11) is -3.20. The van der Waals surface area contributed by atoms with Gasteiger partial charge in [-0.05, 0) is 57.0 Å². The quantitative estimate of drug-likeness (QED) is 0.446. The number of fused-ring (bicyclic) bond motifs is 1. The Kier molecular flexibility index (Phi) is 6.89. The molecule has 2 aromatic rings. The zero-order valence-electron chi connectivity index (χ0n) is 17.2. The fraction of sp³-hybridized carbons (Fsp3) is 0.364. The van der Waals surface area contributed by atoms with Crippen molar-refractivity contribution in [2.45, 2.75) is 38.4 Å². The Balaban J connectivity index is 1.50. The van der Waals surface area contributed by atoms with Crippen molar-refractivity contribution in [2.24, 2.45) is 0 Å². The average Bonchev–Trinajstić information content (AvgIpc) is 2.97. The number of nitrogens with zero attached hydrogens (tertiary/aromatic N) is 1. The molecule has 0 aliphatic carbocycles. The van der Waals surface area contributed by atoms with E-state index >= 15 is 0 Å². The number of nitrogens with one attached hydrogen (secondary N) is 2. The smallest absolute Gasteiger partial charge is 0.266 e. The molecule has 0 saturated heterocycles. The third-order valence-corrected chi connectivity index (χ3v) is 6.86. The van der Waals surface area contributed by atoms with Gasteiger partial charge in [0, 0.05) is 18.8 Å². The summed E-state index contributed by atoms with van der Waals surface area (Å²) in [5, 5.41) is 2.84. The van der Waals surface area contributed by atoms with Gasteiger partial charge in [0.1, 0.15) is 0 Å². The first-order valence-corrected chi connectivity index (χ1v) is 11.7. The van der Waals surface area contributed by atoms with Crippen LogP contribution in [0.25, 0.3) is 0 Å². The second kappa shape index (κ2) is 9.40. The lowest BCUT2D eigenvalue weighted by atomic mass is 10.1. The lowest BCUT2D eigenvalue weighted by Crippen LogP contribution is -2.31. The van der Waals surface area contributed by atoms with Crippen LogP contribution in [-0.2, 0) is 10.0 Å². The number of carbonyl (C=O) groups excluding carboxylic acids is 2. The van der Waals surface area contributed by atoms with E-state index in [1.54, 1.807) is 56.3 Å². The third kappa shape index (κ3) is 4.88. The van der Waals surface area contributed by atoms with Crippen molar-refractivity contribution in [3.8, 4) is 0 Å². The molecule has 1 aliphatic rings. The first-order chi connectivity index (χ1) is 14.3. The van der Waals surface area contributed by atoms with E-state index in [0.717, 1.165) is 24.9 Å². The molecule has 0 saturated carbocycles. The number of unbranched alkanes of at least 4 members (excludes halogenated alkanes) is 2. The van der Waals surface area contributed by atoms with Crippen LogP contribution in [0.4, 0.5) is 11.4 Å². The molecule has 1 heterocycles. The lowest BCUT2D eigenvalue weighted by molar-refractivity contribution is 0.0926. The Morgan fingerprint density at radius 3 is 2.23 bits per heavy atom. The van der Waals surface area contributed by atoms with Crippen LogP contribution in [0.15, 0.2) is 48.5 Å². The second-order valence-electron chi connectivity index (χ2n) is 7.52. The zero-order chi connectivity index (χ0) is 21.7. The molecule has 160 valence electrons. The highest BCUT2D eigenvalue weighted by atomic mass is 32.2. The Bertz CT molecular complexity index is 1020. The monoisotopic (exact) mass is 429 g/mol. The van der Waals surface area contributed by atoms with E-state index in [1.165, 1.54) is 4.90 Å². The first kappa shape index (κ1) is 22.0. The van der Waals surface area contributed by atoms with Crippen LogP contribution < -0.4 is 14.9 Å². The highest BCUT2D eigenvalue weighted by Crippen LogP contribution is 2.30. The van der Waals surface area contributed by atoms with Crippen LogP contribution in [0.5, 0.6) is 0 Å². The molecular weight excluding hydrogens is 402 g/mol. The summed E-state index contributed by atoms with van der Waals surface area (Å²) >= 11 is 0. The number of carbonyl (C=O) groups is 2. The molecule has 8 heteroatoms. The molecule has 0 atom stereocenters. The Morgan fingerprint density at radius 1 is 0.867 bits per heavy atom. The molecule has 7 nitrogen and oxygen atoms in total. The number of benzene rings is 2. The summed E-state index contributed by atoms with van der Waals surface area (Å²) in [5.41, 5.74) is 2.15. The predicted octanol–water partition coefficient (Wildman–Crippen LogP) is 3.40. The highest BCUT2D eigenvalue weighted by molar-refractivity contribution is 7.90. The largest absolute Gasteiger partial charge is 0.385 e. The standard InChI is InChI=1S/C22H27N3O4S/c1-16(2)30(28,29)24-14-8-4-7-13-23-17-11-12-19-20(15-17)22(27)25(21(19)26)18-9-5-3-6-10-18/h3,5-6,9-12,15-16,23-24H,4,7-8,13-14H2,1-2H3. The molecule has 0 radical (unpaired) electrons. The fourth-order valence-electron chi connectivity index (χ4n) is 3.20. The Labute approximate surface area is 177 Å². The van der Waals surface area contributed by atoms with Gasteiger partial charge in [-0.15, -0.1) is 0 Å². The molecule has 0 aromatic heterocycles. The zero-order valence-corrected chi connectivity index (χ0v) is 18.0. The van der Waals surface area contributed by atoms with Crippen LogP contribution in [0, 0.1) is 0 Å². The lowest BCUT2D eigenvalue weighted by Gasteiger charge is -2.13. The van der Waals surface area contributed by atoms with E-state index in [-0.39, 0.29) is 11.8 Å². The number of amides is 2. The van der Waals surface area contributed by atoms with Crippen LogP contribution in [0.3, 0.4) is 0 Å². The number of imide groups is 1. The minimum atomic E-state index is -3.20. The molecule has 1 aliphatic heterocycles. The molecule has 0 fully saturated rings. The van der Waals surface area contributed by atoms with Crippen LogP contribution >= 0.6 is 0 Å². The van der Waals surface area contributed by atoms with Gasteiger partial charge in [-0.2, -0.15) is 0 Å². The first-order valence-electron chi connectivity index (χ1n) is 10.1. The number of sulfonamides is 1. The summed E-state index contributed by atoms with van der Waals surface area (Å²) in [4.78, 5) is 26.6. The predicted molar refractivity (Wildman–Crippen MR) is 118 cm³/mol. The maximum Gasteiger partial charge on any atom is 0.266 e. The molecular formula is C22H27N3O4S. The fourth-order valence-corrected chi connectivity index (χ4v) is 3.97. The number of hydrogen-bond donors (Lipinski definition) is 2. The van der Waals surface area contributed by atoms with Crippen molar-refractivity contribution in [3.05, 3.63) is 59.7 Å². The van der Waals surface area contributed by atoms with Crippen molar-refractivity contribution in [1.29, 1.82) is 0 Å². The summed E-state index contributed by atoms with van der Waals surface area (Å²) in [5.74, 6) is -0.626.